The first kappa shape index (κ1) is 19.6. The van der Waals surface area contributed by atoms with Crippen LogP contribution in [0.15, 0.2) is 72.3 Å². The molecule has 0 aliphatic carbocycles. The molecule has 152 valence electrons. The lowest BCUT2D eigenvalue weighted by Gasteiger charge is -2.28. The van der Waals surface area contributed by atoms with Crippen molar-refractivity contribution in [2.45, 2.75) is 6.10 Å². The summed E-state index contributed by atoms with van der Waals surface area (Å²) in [5.74, 6) is 2.05. The molecule has 5 nitrogen and oxygen atoms in total. The maximum atomic E-state index is 13.4. The molecule has 1 heterocycles. The second-order valence-electron chi connectivity index (χ2n) is 6.79. The SMILES string of the molecule is COc1cc(/C=C2\C(=O)c3ccccc3OC2c2ccccc2)cc(OC)c1OC. The molecular formula is C25H22O5. The number of hydrogen-bond donors (Lipinski definition) is 0. The summed E-state index contributed by atoms with van der Waals surface area (Å²) >= 11 is 0. The summed E-state index contributed by atoms with van der Waals surface area (Å²) in [5, 5.41) is 0. The van der Waals surface area contributed by atoms with Crippen LogP contribution in [0.25, 0.3) is 6.08 Å². The Labute approximate surface area is 175 Å². The number of carbonyl (C=O) groups excluding carboxylic acids is 1. The van der Waals surface area contributed by atoms with E-state index >= 15 is 0 Å². The van der Waals surface area contributed by atoms with E-state index in [4.69, 9.17) is 18.9 Å². The van der Waals surface area contributed by atoms with Gasteiger partial charge in [0, 0.05) is 5.57 Å². The fraction of sp³-hybridized carbons (Fsp3) is 0.160. The lowest BCUT2D eigenvalue weighted by molar-refractivity contribution is 0.0963. The number of rotatable bonds is 5. The largest absolute Gasteiger partial charge is 0.493 e. The Balaban J connectivity index is 1.88. The highest BCUT2D eigenvalue weighted by Crippen LogP contribution is 2.42. The summed E-state index contributed by atoms with van der Waals surface area (Å²) in [6.07, 6.45) is 1.30. The maximum Gasteiger partial charge on any atom is 0.203 e. The zero-order valence-corrected chi connectivity index (χ0v) is 17.0. The molecule has 0 saturated heterocycles. The summed E-state index contributed by atoms with van der Waals surface area (Å²) in [7, 11) is 4.68. The van der Waals surface area contributed by atoms with Gasteiger partial charge in [-0.25, -0.2) is 0 Å². The molecule has 30 heavy (non-hydrogen) atoms. The fourth-order valence-electron chi connectivity index (χ4n) is 3.60. The third kappa shape index (κ3) is 3.50. The molecule has 0 radical (unpaired) electrons. The average Bonchev–Trinajstić information content (AvgIpc) is 2.80. The van der Waals surface area contributed by atoms with Crippen molar-refractivity contribution >= 4 is 11.9 Å². The highest BCUT2D eigenvalue weighted by Gasteiger charge is 2.32. The predicted molar refractivity (Wildman–Crippen MR) is 115 cm³/mol. The van der Waals surface area contributed by atoms with Crippen molar-refractivity contribution in [2.75, 3.05) is 21.3 Å². The van der Waals surface area contributed by atoms with Crippen LogP contribution < -0.4 is 18.9 Å². The predicted octanol–water partition coefficient (Wildman–Crippen LogP) is 5.11. The van der Waals surface area contributed by atoms with Crippen LogP contribution in [0.3, 0.4) is 0 Å². The molecule has 3 aromatic carbocycles. The van der Waals surface area contributed by atoms with Gasteiger partial charge in [-0.2, -0.15) is 0 Å². The molecule has 1 aliphatic rings. The number of fused-ring (bicyclic) bond motifs is 1. The van der Waals surface area contributed by atoms with Gasteiger partial charge in [-0.3, -0.25) is 4.79 Å². The van der Waals surface area contributed by atoms with Crippen molar-refractivity contribution < 1.29 is 23.7 Å². The first-order valence-corrected chi connectivity index (χ1v) is 9.53. The number of methoxy groups -OCH3 is 3. The number of para-hydroxylation sites is 1. The lowest BCUT2D eigenvalue weighted by Crippen LogP contribution is -2.23. The van der Waals surface area contributed by atoms with E-state index in [-0.39, 0.29) is 5.78 Å². The van der Waals surface area contributed by atoms with E-state index in [1.165, 1.54) is 0 Å². The van der Waals surface area contributed by atoms with Crippen LogP contribution in [0.4, 0.5) is 0 Å². The number of hydrogen-bond acceptors (Lipinski definition) is 5. The lowest BCUT2D eigenvalue weighted by atomic mass is 9.89. The van der Waals surface area contributed by atoms with E-state index in [9.17, 15) is 4.79 Å². The Bertz CT molecular complexity index is 1080. The van der Waals surface area contributed by atoms with Crippen molar-refractivity contribution in [2.24, 2.45) is 0 Å². The summed E-state index contributed by atoms with van der Waals surface area (Å²) < 4.78 is 22.6. The van der Waals surface area contributed by atoms with Gasteiger partial charge in [0.05, 0.1) is 26.9 Å². The van der Waals surface area contributed by atoms with Gasteiger partial charge in [0.25, 0.3) is 0 Å². The molecule has 0 amide bonds. The molecule has 1 aliphatic heterocycles. The highest BCUT2D eigenvalue weighted by atomic mass is 16.5. The van der Waals surface area contributed by atoms with Crippen LogP contribution >= 0.6 is 0 Å². The van der Waals surface area contributed by atoms with Crippen molar-refractivity contribution in [1.82, 2.24) is 0 Å². The molecular weight excluding hydrogens is 380 g/mol. The first-order valence-electron chi connectivity index (χ1n) is 9.53. The Morgan fingerprint density at radius 2 is 1.47 bits per heavy atom. The third-order valence-corrected chi connectivity index (χ3v) is 5.03. The van der Waals surface area contributed by atoms with E-state index in [2.05, 4.69) is 0 Å². The normalized spacial score (nSPS) is 16.6. The molecule has 1 atom stereocenters. The van der Waals surface area contributed by atoms with Gasteiger partial charge < -0.3 is 18.9 Å². The molecule has 0 fully saturated rings. The summed E-state index contributed by atoms with van der Waals surface area (Å²) in [4.78, 5) is 13.4. The standard InChI is InChI=1S/C25H22O5/c1-27-21-14-16(15-22(28-2)25(21)29-3)13-19-23(26)18-11-7-8-12-20(18)30-24(19)17-9-5-4-6-10-17/h4-15,24H,1-3H3/b19-13+. The Hall–Kier alpha value is -3.73. The van der Waals surface area contributed by atoms with Gasteiger partial charge in [-0.15, -0.1) is 0 Å². The van der Waals surface area contributed by atoms with Crippen molar-refractivity contribution in [3.05, 3.63) is 89.0 Å². The molecule has 5 heteroatoms. The number of Topliss-reactive ketones (excluding diaryl/α,β-unsaturated/α-hetero) is 1. The van der Waals surface area contributed by atoms with E-state index in [0.717, 1.165) is 11.1 Å². The molecule has 0 bridgehead atoms. The fourth-order valence-corrected chi connectivity index (χ4v) is 3.60. The maximum absolute atomic E-state index is 13.4. The topological polar surface area (TPSA) is 54.0 Å². The van der Waals surface area contributed by atoms with Crippen molar-refractivity contribution in [3.63, 3.8) is 0 Å². The monoisotopic (exact) mass is 402 g/mol. The van der Waals surface area contributed by atoms with Crippen LogP contribution in [0.1, 0.15) is 27.6 Å². The second-order valence-corrected chi connectivity index (χ2v) is 6.79. The molecule has 0 aromatic heterocycles. The molecule has 1 unspecified atom stereocenters. The zero-order valence-electron chi connectivity index (χ0n) is 17.0. The van der Waals surface area contributed by atoms with Gasteiger partial charge in [0.1, 0.15) is 5.75 Å². The van der Waals surface area contributed by atoms with Crippen LogP contribution in [-0.4, -0.2) is 27.1 Å². The van der Waals surface area contributed by atoms with E-state index < -0.39 is 6.10 Å². The summed E-state index contributed by atoms with van der Waals surface area (Å²) in [5.41, 5.74) is 2.73. The van der Waals surface area contributed by atoms with Gasteiger partial charge >= 0.3 is 0 Å². The van der Waals surface area contributed by atoms with Crippen LogP contribution in [0, 0.1) is 0 Å². The Kier molecular flexibility index (Phi) is 5.44. The van der Waals surface area contributed by atoms with Crippen LogP contribution in [-0.2, 0) is 0 Å². The zero-order chi connectivity index (χ0) is 21.1. The van der Waals surface area contributed by atoms with Crippen LogP contribution in [0.5, 0.6) is 23.0 Å². The van der Waals surface area contributed by atoms with Crippen molar-refractivity contribution in [3.8, 4) is 23.0 Å². The first-order chi connectivity index (χ1) is 14.7. The number of ether oxygens (including phenoxy) is 4. The number of ketones is 1. The van der Waals surface area contributed by atoms with Gasteiger partial charge in [0.15, 0.2) is 23.4 Å². The second kappa shape index (κ2) is 8.33. The minimum atomic E-state index is -0.521. The minimum absolute atomic E-state index is 0.0699. The van der Waals surface area contributed by atoms with Gasteiger partial charge in [-0.05, 0) is 41.5 Å². The summed E-state index contributed by atoms with van der Waals surface area (Å²) in [6, 6.07) is 20.6. The number of benzene rings is 3. The molecule has 3 aromatic rings. The Morgan fingerprint density at radius 1 is 0.833 bits per heavy atom. The number of carbonyl (C=O) groups is 1. The quantitative estimate of drug-likeness (QED) is 0.555. The molecule has 0 N–H and O–H groups in total. The highest BCUT2D eigenvalue weighted by molar-refractivity contribution is 6.14. The van der Waals surface area contributed by atoms with Gasteiger partial charge in [0.2, 0.25) is 5.75 Å². The van der Waals surface area contributed by atoms with Crippen LogP contribution in [0.2, 0.25) is 0 Å². The molecule has 0 spiro atoms. The van der Waals surface area contributed by atoms with Crippen molar-refractivity contribution in [1.29, 1.82) is 0 Å². The third-order valence-electron chi connectivity index (χ3n) is 5.03. The summed E-state index contributed by atoms with van der Waals surface area (Å²) in [6.45, 7) is 0. The minimum Gasteiger partial charge on any atom is -0.493 e. The van der Waals surface area contributed by atoms with E-state index in [1.807, 2.05) is 66.7 Å². The molecule has 4 rings (SSSR count). The Morgan fingerprint density at radius 3 is 2.10 bits per heavy atom. The van der Waals surface area contributed by atoms with E-state index in [0.29, 0.717) is 34.1 Å². The smallest absolute Gasteiger partial charge is 0.203 e. The van der Waals surface area contributed by atoms with Gasteiger partial charge in [-0.1, -0.05) is 42.5 Å². The average molecular weight is 402 g/mol. The van der Waals surface area contributed by atoms with E-state index in [1.54, 1.807) is 27.4 Å². The molecule has 0 saturated carbocycles.